The van der Waals surface area contributed by atoms with Gasteiger partial charge in [-0.1, -0.05) is 38.2 Å². The molecule has 1 aliphatic carbocycles. The van der Waals surface area contributed by atoms with Gasteiger partial charge >= 0.3 is 0 Å². The minimum atomic E-state index is -0.309. The number of aromatic nitrogens is 1. The molecule has 32 heavy (non-hydrogen) atoms. The standard InChI is InChI=1S/C26H36N4O2/c1-19-18-30(23-10-11-24(31)27-26(23)32)22-9-5-8-21(25(19)22)29-16-14-28(15-17-29)13-12-20-6-3-2-4-7-20/h5,8-9,18,20,23H,2-4,6-7,10-17H2,1H3,(H,27,31,32). The van der Waals surface area contributed by atoms with E-state index in [0.717, 1.165) is 37.6 Å². The molecule has 2 amide bonds. The van der Waals surface area contributed by atoms with Crippen LogP contribution >= 0.6 is 0 Å². The molecular formula is C26H36N4O2. The van der Waals surface area contributed by atoms with Crippen LogP contribution in [0.15, 0.2) is 24.4 Å². The molecule has 3 heterocycles. The van der Waals surface area contributed by atoms with Crippen molar-refractivity contribution < 1.29 is 9.59 Å². The van der Waals surface area contributed by atoms with Crippen molar-refractivity contribution >= 4 is 28.4 Å². The molecule has 1 unspecified atom stereocenters. The van der Waals surface area contributed by atoms with Gasteiger partial charge in [-0.25, -0.2) is 0 Å². The fraction of sp³-hybridized carbons (Fsp3) is 0.615. The van der Waals surface area contributed by atoms with Crippen LogP contribution in [-0.4, -0.2) is 54.0 Å². The Morgan fingerprint density at radius 1 is 1.00 bits per heavy atom. The minimum absolute atomic E-state index is 0.165. The van der Waals surface area contributed by atoms with Gasteiger partial charge in [0.25, 0.3) is 0 Å². The van der Waals surface area contributed by atoms with E-state index in [-0.39, 0.29) is 17.9 Å². The molecular weight excluding hydrogens is 400 g/mol. The summed E-state index contributed by atoms with van der Waals surface area (Å²) in [6, 6.07) is 6.13. The number of carbonyl (C=O) groups is 2. The first-order chi connectivity index (χ1) is 15.6. The third-order valence-corrected chi connectivity index (χ3v) is 7.86. The number of imide groups is 1. The molecule has 6 heteroatoms. The van der Waals surface area contributed by atoms with Gasteiger partial charge < -0.3 is 9.47 Å². The summed E-state index contributed by atoms with van der Waals surface area (Å²) >= 11 is 0. The van der Waals surface area contributed by atoms with E-state index in [9.17, 15) is 9.59 Å². The number of hydrogen-bond donors (Lipinski definition) is 1. The third kappa shape index (κ3) is 4.29. The first-order valence-corrected chi connectivity index (χ1v) is 12.5. The van der Waals surface area contributed by atoms with Gasteiger partial charge in [0, 0.05) is 49.9 Å². The Morgan fingerprint density at radius 3 is 2.53 bits per heavy atom. The molecule has 1 aromatic heterocycles. The lowest BCUT2D eigenvalue weighted by molar-refractivity contribution is -0.135. The molecule has 1 atom stereocenters. The summed E-state index contributed by atoms with van der Waals surface area (Å²) in [5.41, 5.74) is 3.56. The molecule has 6 nitrogen and oxygen atoms in total. The average molecular weight is 437 g/mol. The lowest BCUT2D eigenvalue weighted by Gasteiger charge is -2.37. The van der Waals surface area contributed by atoms with Crippen LogP contribution in [0.5, 0.6) is 0 Å². The highest BCUT2D eigenvalue weighted by Crippen LogP contribution is 2.35. The maximum absolute atomic E-state index is 12.5. The number of rotatable bonds is 5. The lowest BCUT2D eigenvalue weighted by atomic mass is 9.87. The number of nitrogens with one attached hydrogen (secondary N) is 1. The second kappa shape index (κ2) is 9.26. The summed E-state index contributed by atoms with van der Waals surface area (Å²) in [7, 11) is 0. The number of nitrogens with zero attached hydrogens (tertiary/aromatic N) is 3. The number of amides is 2. The summed E-state index contributed by atoms with van der Waals surface area (Å²) in [5.74, 6) is 0.599. The monoisotopic (exact) mass is 436 g/mol. The van der Waals surface area contributed by atoms with E-state index in [1.165, 1.54) is 61.7 Å². The molecule has 1 N–H and O–H groups in total. The minimum Gasteiger partial charge on any atom is -0.368 e. The van der Waals surface area contributed by atoms with Crippen LogP contribution in [0.2, 0.25) is 0 Å². The Morgan fingerprint density at radius 2 is 1.78 bits per heavy atom. The number of hydrogen-bond acceptors (Lipinski definition) is 4. The van der Waals surface area contributed by atoms with Crippen LogP contribution in [0.1, 0.15) is 63.0 Å². The molecule has 0 spiro atoms. The van der Waals surface area contributed by atoms with Crippen molar-refractivity contribution in [1.29, 1.82) is 0 Å². The highest BCUT2D eigenvalue weighted by atomic mass is 16.2. The second-order valence-electron chi connectivity index (χ2n) is 9.98. The fourth-order valence-electron chi connectivity index (χ4n) is 6.01. The molecule has 1 aromatic carbocycles. The van der Waals surface area contributed by atoms with Crippen molar-refractivity contribution in [2.24, 2.45) is 5.92 Å². The Kier molecular flexibility index (Phi) is 6.22. The van der Waals surface area contributed by atoms with Gasteiger partial charge in [-0.15, -0.1) is 0 Å². The number of anilines is 1. The molecule has 0 radical (unpaired) electrons. The zero-order valence-corrected chi connectivity index (χ0v) is 19.3. The first-order valence-electron chi connectivity index (χ1n) is 12.5. The Hall–Kier alpha value is -2.34. The molecule has 2 aliphatic heterocycles. The molecule has 1 saturated carbocycles. The number of carbonyl (C=O) groups excluding carboxylic acids is 2. The van der Waals surface area contributed by atoms with E-state index in [1.54, 1.807) is 0 Å². The SMILES string of the molecule is Cc1cn(C2CCC(=O)NC2=O)c2cccc(N3CCN(CCC4CCCCC4)CC3)c12. The Labute approximate surface area is 190 Å². The number of benzene rings is 1. The molecule has 5 rings (SSSR count). The maximum Gasteiger partial charge on any atom is 0.249 e. The number of fused-ring (bicyclic) bond motifs is 1. The first kappa shape index (κ1) is 21.5. The number of piperidine rings is 1. The summed E-state index contributed by atoms with van der Waals surface area (Å²) in [6.07, 6.45) is 11.6. The molecule has 172 valence electrons. The van der Waals surface area contributed by atoms with Gasteiger partial charge in [0.05, 0.1) is 5.52 Å². The van der Waals surface area contributed by atoms with Crippen molar-refractivity contribution in [3.05, 3.63) is 30.0 Å². The van der Waals surface area contributed by atoms with Crippen LogP contribution in [0.25, 0.3) is 10.9 Å². The fourth-order valence-corrected chi connectivity index (χ4v) is 6.01. The number of piperazine rings is 1. The summed E-state index contributed by atoms with van der Waals surface area (Å²) in [4.78, 5) is 29.2. The summed E-state index contributed by atoms with van der Waals surface area (Å²) in [6.45, 7) is 7.72. The van der Waals surface area contributed by atoms with Crippen LogP contribution in [0.3, 0.4) is 0 Å². The van der Waals surface area contributed by atoms with E-state index in [0.29, 0.717) is 12.8 Å². The normalized spacial score (nSPS) is 23.7. The molecule has 3 fully saturated rings. The molecule has 2 aromatic rings. The molecule has 2 saturated heterocycles. The van der Waals surface area contributed by atoms with Crippen LogP contribution < -0.4 is 10.2 Å². The van der Waals surface area contributed by atoms with E-state index < -0.39 is 0 Å². The smallest absolute Gasteiger partial charge is 0.249 e. The highest BCUT2D eigenvalue weighted by Gasteiger charge is 2.30. The Balaban J connectivity index is 1.28. The quantitative estimate of drug-likeness (QED) is 0.720. The average Bonchev–Trinajstić information content (AvgIpc) is 3.15. The topological polar surface area (TPSA) is 57.6 Å². The third-order valence-electron chi connectivity index (χ3n) is 7.86. The van der Waals surface area contributed by atoms with Crippen molar-refractivity contribution in [1.82, 2.24) is 14.8 Å². The predicted octanol–water partition coefficient (Wildman–Crippen LogP) is 4.02. The van der Waals surface area contributed by atoms with Crippen molar-refractivity contribution in [3.8, 4) is 0 Å². The molecule has 3 aliphatic rings. The second-order valence-corrected chi connectivity index (χ2v) is 9.98. The van der Waals surface area contributed by atoms with Crippen LogP contribution in [0.4, 0.5) is 5.69 Å². The predicted molar refractivity (Wildman–Crippen MR) is 128 cm³/mol. The van der Waals surface area contributed by atoms with Crippen molar-refractivity contribution in [2.75, 3.05) is 37.6 Å². The van der Waals surface area contributed by atoms with Gasteiger partial charge in [0.15, 0.2) is 0 Å². The maximum atomic E-state index is 12.5. The zero-order valence-electron chi connectivity index (χ0n) is 19.3. The largest absolute Gasteiger partial charge is 0.368 e. The van der Waals surface area contributed by atoms with Gasteiger partial charge in [0.1, 0.15) is 6.04 Å². The Bertz CT molecular complexity index is 983. The van der Waals surface area contributed by atoms with Gasteiger partial charge in [-0.2, -0.15) is 0 Å². The van der Waals surface area contributed by atoms with Crippen LogP contribution in [-0.2, 0) is 9.59 Å². The van der Waals surface area contributed by atoms with Gasteiger partial charge in [-0.3, -0.25) is 19.8 Å². The number of aryl methyl sites for hydroxylation is 1. The van der Waals surface area contributed by atoms with E-state index in [1.807, 2.05) is 0 Å². The molecule has 0 bridgehead atoms. The van der Waals surface area contributed by atoms with E-state index in [4.69, 9.17) is 0 Å². The van der Waals surface area contributed by atoms with Gasteiger partial charge in [-0.05, 0) is 49.9 Å². The van der Waals surface area contributed by atoms with E-state index in [2.05, 4.69) is 51.0 Å². The highest BCUT2D eigenvalue weighted by molar-refractivity contribution is 6.01. The van der Waals surface area contributed by atoms with Crippen molar-refractivity contribution in [2.45, 2.75) is 64.3 Å². The van der Waals surface area contributed by atoms with Crippen molar-refractivity contribution in [3.63, 3.8) is 0 Å². The lowest BCUT2D eigenvalue weighted by Crippen LogP contribution is -2.47. The zero-order chi connectivity index (χ0) is 22.1. The van der Waals surface area contributed by atoms with E-state index >= 15 is 0 Å². The van der Waals surface area contributed by atoms with Crippen LogP contribution in [0, 0.1) is 12.8 Å². The summed E-state index contributed by atoms with van der Waals surface area (Å²) < 4.78 is 2.08. The summed E-state index contributed by atoms with van der Waals surface area (Å²) in [5, 5.41) is 3.75. The van der Waals surface area contributed by atoms with Gasteiger partial charge in [0.2, 0.25) is 11.8 Å².